The third-order valence-corrected chi connectivity index (χ3v) is 1.79. The van der Waals surface area contributed by atoms with Crippen LogP contribution >= 0.6 is 0 Å². The number of carbonyl (C=O) groups excluding carboxylic acids is 2. The van der Waals surface area contributed by atoms with Gasteiger partial charge in [0.2, 0.25) is 0 Å². The summed E-state index contributed by atoms with van der Waals surface area (Å²) in [5.41, 5.74) is 0.399. The summed E-state index contributed by atoms with van der Waals surface area (Å²) < 4.78 is 0. The third-order valence-electron chi connectivity index (χ3n) is 1.79. The molecule has 5 heteroatoms. The zero-order valence-electron chi connectivity index (χ0n) is 10.3. The van der Waals surface area contributed by atoms with E-state index in [1.165, 1.54) is 0 Å². The van der Waals surface area contributed by atoms with Gasteiger partial charge >= 0.3 is 31.0 Å². The number of rotatable bonds is 4. The summed E-state index contributed by atoms with van der Waals surface area (Å²) in [4.78, 5) is 25.4. The van der Waals surface area contributed by atoms with Crippen molar-refractivity contribution in [1.82, 2.24) is 0 Å². The molecular formula is C13H14O4Sn. The average Bonchev–Trinajstić information content (AvgIpc) is 2.30. The molecule has 0 aliphatic heterocycles. The molecule has 0 radical (unpaired) electrons. The van der Waals surface area contributed by atoms with Crippen molar-refractivity contribution < 1.29 is 19.8 Å². The number of carboxylic acid groups (broad SMARTS) is 2. The van der Waals surface area contributed by atoms with Gasteiger partial charge < -0.3 is 19.8 Å². The molecule has 18 heavy (non-hydrogen) atoms. The van der Waals surface area contributed by atoms with E-state index in [0.29, 0.717) is 11.6 Å². The van der Waals surface area contributed by atoms with Crippen LogP contribution in [-0.2, 0) is 16.0 Å². The van der Waals surface area contributed by atoms with E-state index in [9.17, 15) is 19.8 Å². The van der Waals surface area contributed by atoms with Gasteiger partial charge in [-0.2, -0.15) is 0 Å². The number of carbonyl (C=O) groups is 2. The Balaban J connectivity index is 0.000000873. The van der Waals surface area contributed by atoms with E-state index >= 15 is 0 Å². The number of benzene rings is 1. The molecular weight excluding hydrogens is 339 g/mol. The van der Waals surface area contributed by atoms with E-state index in [4.69, 9.17) is 0 Å². The summed E-state index contributed by atoms with van der Waals surface area (Å²) >= 11 is 0.230. The normalized spacial score (nSPS) is 9.78. The van der Waals surface area contributed by atoms with Crippen molar-refractivity contribution in [2.75, 3.05) is 0 Å². The van der Waals surface area contributed by atoms with Crippen molar-refractivity contribution in [3.05, 3.63) is 47.5 Å². The first-order valence-electron chi connectivity index (χ1n) is 5.26. The Morgan fingerprint density at radius 2 is 1.67 bits per heavy atom. The summed E-state index contributed by atoms with van der Waals surface area (Å²) in [7, 11) is 0. The Hall–Kier alpha value is -1.30. The standard InChI is InChI=1S/C11H10O4.2CH3.Sn/c12-10(13)7-9(11(14)15)6-8-4-2-1-3-5-8;;;/h1-5,7H,6H2,(H,12,13)(H,14,15);2*1H3;/q;;;+2/p-2/b9-7-;;;. The Bertz CT molecular complexity index is 412. The summed E-state index contributed by atoms with van der Waals surface area (Å²) in [5, 5.41) is 20.8. The quantitative estimate of drug-likeness (QED) is 0.537. The van der Waals surface area contributed by atoms with Gasteiger partial charge in [0.1, 0.15) is 0 Å². The van der Waals surface area contributed by atoms with Gasteiger partial charge in [-0.05, 0) is 23.6 Å². The van der Waals surface area contributed by atoms with Crippen LogP contribution in [0.1, 0.15) is 5.56 Å². The molecule has 0 aliphatic carbocycles. The van der Waals surface area contributed by atoms with Crippen LogP contribution in [0.25, 0.3) is 0 Å². The van der Waals surface area contributed by atoms with Gasteiger partial charge in [0.15, 0.2) is 0 Å². The van der Waals surface area contributed by atoms with Crippen LogP contribution in [0.15, 0.2) is 42.0 Å². The van der Waals surface area contributed by atoms with Gasteiger partial charge in [0.25, 0.3) is 0 Å². The fourth-order valence-corrected chi connectivity index (χ4v) is 1.14. The van der Waals surface area contributed by atoms with E-state index in [1.54, 1.807) is 30.3 Å². The molecule has 1 rings (SSSR count). The van der Waals surface area contributed by atoms with Crippen LogP contribution in [0.5, 0.6) is 0 Å². The first-order chi connectivity index (χ1) is 8.51. The predicted molar refractivity (Wildman–Crippen MR) is 65.7 cm³/mol. The van der Waals surface area contributed by atoms with E-state index in [1.807, 2.05) is 0 Å². The molecule has 0 N–H and O–H groups in total. The Labute approximate surface area is 117 Å². The number of aliphatic carboxylic acids is 2. The maximum absolute atomic E-state index is 10.6. The van der Waals surface area contributed by atoms with Crippen molar-refractivity contribution in [3.8, 4) is 0 Å². The topological polar surface area (TPSA) is 80.3 Å². The van der Waals surface area contributed by atoms with Gasteiger partial charge in [-0.3, -0.25) is 0 Å². The second kappa shape index (κ2) is 9.70. The first kappa shape index (κ1) is 16.7. The monoisotopic (exact) mass is 354 g/mol. The molecule has 94 valence electrons. The van der Waals surface area contributed by atoms with Crippen LogP contribution in [0, 0.1) is 0 Å². The average molecular weight is 353 g/mol. The molecule has 4 nitrogen and oxygen atoms in total. The van der Waals surface area contributed by atoms with Gasteiger partial charge in [-0.25, -0.2) is 0 Å². The zero-order valence-corrected chi connectivity index (χ0v) is 13.2. The third kappa shape index (κ3) is 7.89. The van der Waals surface area contributed by atoms with Crippen LogP contribution in [0.3, 0.4) is 0 Å². The molecule has 1 aromatic rings. The summed E-state index contributed by atoms with van der Waals surface area (Å²) in [5.74, 6) is -3.03. The molecule has 0 aliphatic rings. The van der Waals surface area contributed by atoms with Crippen LogP contribution in [0.4, 0.5) is 0 Å². The van der Waals surface area contributed by atoms with Gasteiger partial charge in [-0.1, -0.05) is 30.3 Å². The summed E-state index contributed by atoms with van der Waals surface area (Å²) in [6.45, 7) is 0. The SMILES string of the molecule is O=C([O-])/C=C(/Cc1ccccc1)C(=O)[O-].[CH3][Sn+2][CH3]. The minimum absolute atomic E-state index is 0.0111. The molecule has 1 aromatic carbocycles. The second-order valence-corrected chi connectivity index (χ2v) is 6.29. The van der Waals surface area contributed by atoms with E-state index in [0.717, 1.165) is 0 Å². The molecule has 0 bridgehead atoms. The molecule has 0 aromatic heterocycles. The Kier molecular flexibility index (Phi) is 9.00. The maximum atomic E-state index is 10.6. The first-order valence-corrected chi connectivity index (χ1v) is 11.0. The molecule has 0 fully saturated rings. The Morgan fingerprint density at radius 3 is 2.06 bits per heavy atom. The number of carboxylic acids is 2. The molecule has 0 saturated heterocycles. The zero-order chi connectivity index (χ0) is 14.0. The van der Waals surface area contributed by atoms with Gasteiger partial charge in [0, 0.05) is 0 Å². The second-order valence-electron chi connectivity index (χ2n) is 3.44. The minimum atomic E-state index is -1.54. The molecule has 0 atom stereocenters. The van der Waals surface area contributed by atoms with Crippen molar-refractivity contribution in [3.63, 3.8) is 0 Å². The molecule has 0 heterocycles. The van der Waals surface area contributed by atoms with Gasteiger partial charge in [-0.15, -0.1) is 0 Å². The molecule has 0 saturated carbocycles. The van der Waals surface area contributed by atoms with Crippen LogP contribution in [-0.4, -0.2) is 33.1 Å². The van der Waals surface area contributed by atoms with E-state index in [2.05, 4.69) is 9.88 Å². The number of hydrogen-bond donors (Lipinski definition) is 0. The van der Waals surface area contributed by atoms with Crippen molar-refractivity contribution in [1.29, 1.82) is 0 Å². The van der Waals surface area contributed by atoms with Gasteiger partial charge in [0.05, 0.1) is 11.9 Å². The molecule has 0 amide bonds. The number of hydrogen-bond acceptors (Lipinski definition) is 4. The predicted octanol–water partition coefficient (Wildman–Crippen LogP) is -0.558. The summed E-state index contributed by atoms with van der Waals surface area (Å²) in [6.07, 6.45) is 0.555. The fourth-order valence-electron chi connectivity index (χ4n) is 1.14. The van der Waals surface area contributed by atoms with Crippen molar-refractivity contribution in [2.45, 2.75) is 16.3 Å². The van der Waals surface area contributed by atoms with Crippen molar-refractivity contribution in [2.24, 2.45) is 0 Å². The molecule has 0 unspecified atom stereocenters. The van der Waals surface area contributed by atoms with E-state index in [-0.39, 0.29) is 33.1 Å². The Morgan fingerprint density at radius 1 is 1.17 bits per heavy atom. The molecule has 0 spiro atoms. The van der Waals surface area contributed by atoms with Crippen LogP contribution < -0.4 is 10.2 Å². The fraction of sp³-hybridized carbons (Fsp3) is 0.231. The van der Waals surface area contributed by atoms with Crippen molar-refractivity contribution >= 4 is 33.1 Å². The van der Waals surface area contributed by atoms with Crippen LogP contribution in [0.2, 0.25) is 9.88 Å². The summed E-state index contributed by atoms with van der Waals surface area (Å²) in [6, 6.07) is 8.66. The van der Waals surface area contributed by atoms with E-state index < -0.39 is 11.9 Å².